The molecule has 0 saturated carbocycles. The first-order chi connectivity index (χ1) is 16.7. The van der Waals surface area contributed by atoms with Crippen LogP contribution in [-0.2, 0) is 19.1 Å². The summed E-state index contributed by atoms with van der Waals surface area (Å²) in [6.45, 7) is 2.50. The molecule has 3 heterocycles. The zero-order valence-corrected chi connectivity index (χ0v) is 20.1. The molecule has 2 fully saturated rings. The molecule has 3 rings (SSSR count). The van der Waals surface area contributed by atoms with Gasteiger partial charge in [0.2, 0.25) is 11.8 Å². The molecule has 10 nitrogen and oxygen atoms in total. The quantitative estimate of drug-likeness (QED) is 0.383. The summed E-state index contributed by atoms with van der Waals surface area (Å²) in [7, 11) is 1.42. The van der Waals surface area contributed by atoms with E-state index in [0.29, 0.717) is 31.2 Å². The number of nitrogens with zero attached hydrogens (tertiary/aromatic N) is 3. The largest absolute Gasteiger partial charge is 0.402 e. The van der Waals surface area contributed by atoms with Crippen LogP contribution in [-0.4, -0.2) is 99.6 Å². The van der Waals surface area contributed by atoms with Gasteiger partial charge in [-0.05, 0) is 12.1 Å². The van der Waals surface area contributed by atoms with Crippen LogP contribution in [0, 0.1) is 5.92 Å². The van der Waals surface area contributed by atoms with E-state index in [9.17, 15) is 22.8 Å². The number of carbonyl (C=O) groups is 2. The molecule has 0 radical (unpaired) electrons. The van der Waals surface area contributed by atoms with Crippen molar-refractivity contribution in [2.45, 2.75) is 24.7 Å². The number of rotatable bonds is 10. The summed E-state index contributed by atoms with van der Waals surface area (Å²) in [5, 5.41) is 3.37. The van der Waals surface area contributed by atoms with Crippen molar-refractivity contribution in [2.75, 3.05) is 64.6 Å². The van der Waals surface area contributed by atoms with Crippen molar-refractivity contribution in [3.63, 3.8) is 0 Å². The molecule has 0 bridgehead atoms. The maximum Gasteiger partial charge on any atom is 0.402 e. The Bertz CT molecular complexity index is 839. The molecule has 14 heteroatoms. The molecule has 2 aliphatic rings. The van der Waals surface area contributed by atoms with Gasteiger partial charge in [0, 0.05) is 52.1 Å². The fourth-order valence-electron chi connectivity index (χ4n) is 4.09. The average Bonchev–Trinajstić information content (AvgIpc) is 2.81. The number of alkyl halides is 3. The van der Waals surface area contributed by atoms with E-state index in [2.05, 4.69) is 20.6 Å². The molecule has 3 N–H and O–H groups in total. The van der Waals surface area contributed by atoms with Gasteiger partial charge in [-0.15, -0.1) is 0 Å². The zero-order valence-electron chi connectivity index (χ0n) is 19.3. The first kappa shape index (κ1) is 27.4. The lowest BCUT2D eigenvalue weighted by molar-refractivity contribution is -0.193. The highest BCUT2D eigenvalue weighted by Gasteiger charge is 2.51. The van der Waals surface area contributed by atoms with Crippen molar-refractivity contribution in [3.8, 4) is 0 Å². The second kappa shape index (κ2) is 12.7. The van der Waals surface area contributed by atoms with Crippen LogP contribution >= 0.6 is 11.6 Å². The van der Waals surface area contributed by atoms with Crippen molar-refractivity contribution < 1.29 is 32.2 Å². The summed E-state index contributed by atoms with van der Waals surface area (Å²) >= 11 is 5.87. The second-order valence-corrected chi connectivity index (χ2v) is 8.78. The van der Waals surface area contributed by atoms with Gasteiger partial charge >= 0.3 is 6.18 Å². The predicted octanol–water partition coefficient (Wildman–Crippen LogP) is 0.576. The fourth-order valence-corrected chi connectivity index (χ4v) is 4.20. The lowest BCUT2D eigenvalue weighted by Crippen LogP contribution is -2.65. The predicted molar refractivity (Wildman–Crippen MR) is 122 cm³/mol. The summed E-state index contributed by atoms with van der Waals surface area (Å²) in [6.07, 6.45) is -2.96. The number of piperazine rings is 1. The number of methoxy groups -OCH3 is 1. The van der Waals surface area contributed by atoms with Crippen LogP contribution in [0.15, 0.2) is 18.3 Å². The summed E-state index contributed by atoms with van der Waals surface area (Å²) in [6, 6.07) is 1.84. The number of hydrogen-bond acceptors (Lipinski definition) is 8. The van der Waals surface area contributed by atoms with Crippen molar-refractivity contribution in [1.29, 1.82) is 0 Å². The third-order valence-electron chi connectivity index (χ3n) is 5.84. The van der Waals surface area contributed by atoms with Gasteiger partial charge in [0.1, 0.15) is 5.82 Å². The van der Waals surface area contributed by atoms with Gasteiger partial charge in [-0.3, -0.25) is 15.0 Å². The normalized spacial score (nSPS) is 22.1. The van der Waals surface area contributed by atoms with Crippen LogP contribution in [0.1, 0.15) is 6.42 Å². The molecule has 0 aromatic carbocycles. The molecule has 2 amide bonds. The van der Waals surface area contributed by atoms with Gasteiger partial charge in [0.05, 0.1) is 37.3 Å². The molecule has 0 spiro atoms. The summed E-state index contributed by atoms with van der Waals surface area (Å²) < 4.78 is 50.7. The number of amides is 2. The number of halogens is 4. The SMILES string of the molecule is COC[C@@H](COCCC(=O)N1CCN(c2ccc(Cl)cn2)CC1)NC1CNNC(=O)C1C(F)(F)F. The Morgan fingerprint density at radius 1 is 1.29 bits per heavy atom. The molecular weight excluding hydrogens is 493 g/mol. The minimum Gasteiger partial charge on any atom is -0.383 e. The molecule has 2 saturated heterocycles. The van der Waals surface area contributed by atoms with Gasteiger partial charge in [-0.2, -0.15) is 13.2 Å². The Balaban J connectivity index is 1.40. The van der Waals surface area contributed by atoms with E-state index in [-0.39, 0.29) is 38.7 Å². The maximum atomic E-state index is 13.3. The summed E-state index contributed by atoms with van der Waals surface area (Å²) in [5.74, 6) is -2.59. The molecule has 0 aliphatic carbocycles. The van der Waals surface area contributed by atoms with Crippen molar-refractivity contribution in [2.24, 2.45) is 5.92 Å². The van der Waals surface area contributed by atoms with Crippen molar-refractivity contribution >= 4 is 29.2 Å². The lowest BCUT2D eigenvalue weighted by atomic mass is 9.96. The second-order valence-electron chi connectivity index (χ2n) is 8.34. The van der Waals surface area contributed by atoms with E-state index in [1.165, 1.54) is 7.11 Å². The Labute approximate surface area is 206 Å². The van der Waals surface area contributed by atoms with Crippen LogP contribution < -0.4 is 21.1 Å². The molecule has 196 valence electrons. The molecule has 1 aromatic heterocycles. The number of carbonyl (C=O) groups excluding carboxylic acids is 2. The van der Waals surface area contributed by atoms with Crippen LogP contribution in [0.5, 0.6) is 0 Å². The van der Waals surface area contributed by atoms with E-state index in [0.717, 1.165) is 5.82 Å². The number of hydrazine groups is 1. The highest BCUT2D eigenvalue weighted by atomic mass is 35.5. The smallest absolute Gasteiger partial charge is 0.383 e. The lowest BCUT2D eigenvalue weighted by Gasteiger charge is -2.36. The van der Waals surface area contributed by atoms with Crippen molar-refractivity contribution in [1.82, 2.24) is 26.1 Å². The maximum absolute atomic E-state index is 13.3. The molecule has 2 aliphatic heterocycles. The Hall–Kier alpha value is -2.19. The first-order valence-electron chi connectivity index (χ1n) is 11.3. The van der Waals surface area contributed by atoms with Crippen LogP contribution in [0.3, 0.4) is 0 Å². The Morgan fingerprint density at radius 3 is 2.66 bits per heavy atom. The van der Waals surface area contributed by atoms with Crippen LogP contribution in [0.25, 0.3) is 0 Å². The number of anilines is 1. The van der Waals surface area contributed by atoms with E-state index >= 15 is 0 Å². The number of ether oxygens (including phenoxy) is 2. The number of nitrogens with one attached hydrogen (secondary N) is 3. The zero-order chi connectivity index (χ0) is 25.4. The van der Waals surface area contributed by atoms with Crippen molar-refractivity contribution in [3.05, 3.63) is 23.4 Å². The number of pyridine rings is 1. The van der Waals surface area contributed by atoms with E-state index in [1.807, 2.05) is 11.5 Å². The van der Waals surface area contributed by atoms with Gasteiger partial charge in [-0.25, -0.2) is 10.4 Å². The number of aromatic nitrogens is 1. The van der Waals surface area contributed by atoms with Gasteiger partial charge in [0.25, 0.3) is 0 Å². The Kier molecular flexibility index (Phi) is 9.92. The first-order valence-corrected chi connectivity index (χ1v) is 11.6. The topological polar surface area (TPSA) is 108 Å². The minimum absolute atomic E-state index is 0.0276. The fraction of sp³-hybridized carbons (Fsp3) is 0.667. The molecule has 2 unspecified atom stereocenters. The monoisotopic (exact) mass is 522 g/mol. The van der Waals surface area contributed by atoms with Gasteiger partial charge < -0.3 is 24.6 Å². The molecular formula is C21H30ClF3N6O4. The minimum atomic E-state index is -4.69. The van der Waals surface area contributed by atoms with E-state index in [4.69, 9.17) is 21.1 Å². The third-order valence-corrected chi connectivity index (χ3v) is 6.06. The highest BCUT2D eigenvalue weighted by molar-refractivity contribution is 6.30. The molecule has 3 atom stereocenters. The standard InChI is InChI=1S/C21H30ClF3N6O4/c1-34-12-15(28-16-11-27-29-20(33)19(16)21(23,24)25)13-35-9-4-18(32)31-7-5-30(6-8-31)17-3-2-14(22)10-26-17/h2-3,10,15-16,19,27-28H,4-9,11-13H2,1H3,(H,29,33)/t15-,16?,19?/m0/s1. The highest BCUT2D eigenvalue weighted by Crippen LogP contribution is 2.30. The van der Waals surface area contributed by atoms with Gasteiger partial charge in [-0.1, -0.05) is 11.6 Å². The summed E-state index contributed by atoms with van der Waals surface area (Å²) in [4.78, 5) is 32.4. The molecule has 1 aromatic rings. The van der Waals surface area contributed by atoms with Gasteiger partial charge in [0.15, 0.2) is 5.92 Å². The number of hydrogen-bond donors (Lipinski definition) is 3. The average molecular weight is 523 g/mol. The third kappa shape index (κ3) is 7.90. The van der Waals surface area contributed by atoms with E-state index in [1.54, 1.807) is 17.2 Å². The van der Waals surface area contributed by atoms with E-state index < -0.39 is 30.1 Å². The Morgan fingerprint density at radius 2 is 2.03 bits per heavy atom. The van der Waals surface area contributed by atoms with Crippen LogP contribution in [0.2, 0.25) is 5.02 Å². The molecule has 35 heavy (non-hydrogen) atoms. The summed E-state index contributed by atoms with van der Waals surface area (Å²) in [5.41, 5.74) is 4.48. The van der Waals surface area contributed by atoms with Crippen LogP contribution in [0.4, 0.5) is 19.0 Å².